The lowest BCUT2D eigenvalue weighted by molar-refractivity contribution is -0.119. The second kappa shape index (κ2) is 9.61. The van der Waals surface area contributed by atoms with Crippen molar-refractivity contribution in [2.45, 2.75) is 58.5 Å². The Hall–Kier alpha value is -3.93. The molecule has 2 aromatic heterocycles. The summed E-state index contributed by atoms with van der Waals surface area (Å²) >= 11 is 0. The summed E-state index contributed by atoms with van der Waals surface area (Å²) in [6, 6.07) is 10.1. The van der Waals surface area contributed by atoms with E-state index in [1.165, 1.54) is 10.9 Å². The first-order chi connectivity index (χ1) is 17.4. The summed E-state index contributed by atoms with van der Waals surface area (Å²) in [6.07, 6.45) is 5.84. The van der Waals surface area contributed by atoms with E-state index in [9.17, 15) is 14.9 Å². The summed E-state index contributed by atoms with van der Waals surface area (Å²) in [7, 11) is 0. The Balaban J connectivity index is 1.36. The molecule has 2 fully saturated rings. The third-order valence-electron chi connectivity index (χ3n) is 7.31. The van der Waals surface area contributed by atoms with Crippen LogP contribution >= 0.6 is 0 Å². The molecule has 0 saturated heterocycles. The predicted octanol–water partition coefficient (Wildman–Crippen LogP) is 4.15. The lowest BCUT2D eigenvalue weighted by Gasteiger charge is -2.27. The van der Waals surface area contributed by atoms with Crippen molar-refractivity contribution in [3.05, 3.63) is 53.6 Å². The van der Waals surface area contributed by atoms with E-state index in [0.29, 0.717) is 17.5 Å². The fourth-order valence-corrected chi connectivity index (χ4v) is 5.22. The number of hydrogen-bond donors (Lipinski definition) is 3. The third kappa shape index (κ3) is 4.76. The zero-order valence-electron chi connectivity index (χ0n) is 20.8. The van der Waals surface area contributed by atoms with Crippen LogP contribution in [0, 0.1) is 42.9 Å². The molecule has 0 bridgehead atoms. The van der Waals surface area contributed by atoms with Crippen LogP contribution in [0.4, 0.5) is 5.69 Å². The predicted molar refractivity (Wildman–Crippen MR) is 135 cm³/mol. The molecule has 2 saturated carbocycles. The number of anilines is 1. The highest BCUT2D eigenvalue weighted by Gasteiger charge is 2.48. The largest absolute Gasteiger partial charge is 0.339 e. The number of hydrogen-bond acceptors (Lipinski definition) is 5. The number of aryl methyl sites for hydroxylation is 2. The Bertz CT molecular complexity index is 1280. The highest BCUT2D eigenvalue weighted by Crippen LogP contribution is 2.51. The van der Waals surface area contributed by atoms with Crippen LogP contribution in [0.3, 0.4) is 0 Å². The van der Waals surface area contributed by atoms with Crippen LogP contribution in [0.2, 0.25) is 0 Å². The van der Waals surface area contributed by atoms with Gasteiger partial charge in [0.05, 0.1) is 11.8 Å². The van der Waals surface area contributed by atoms with Crippen molar-refractivity contribution in [1.29, 1.82) is 5.26 Å². The van der Waals surface area contributed by atoms with Gasteiger partial charge in [-0.25, -0.2) is 4.68 Å². The number of H-pyrrole nitrogens is 1. The molecule has 36 heavy (non-hydrogen) atoms. The van der Waals surface area contributed by atoms with E-state index in [2.05, 4.69) is 32.0 Å². The van der Waals surface area contributed by atoms with E-state index in [0.717, 1.165) is 48.2 Å². The number of amides is 2. The molecule has 2 atom stereocenters. The maximum Gasteiger partial charge on any atom is 0.270 e. The van der Waals surface area contributed by atoms with Crippen molar-refractivity contribution >= 4 is 17.5 Å². The van der Waals surface area contributed by atoms with Crippen LogP contribution in [0.5, 0.6) is 0 Å². The molecular formula is C27H31N7O2. The van der Waals surface area contributed by atoms with E-state index in [-0.39, 0.29) is 23.4 Å². The van der Waals surface area contributed by atoms with Gasteiger partial charge in [-0.2, -0.15) is 15.5 Å². The first-order valence-corrected chi connectivity index (χ1v) is 12.5. The molecule has 2 aliphatic carbocycles. The van der Waals surface area contributed by atoms with Crippen molar-refractivity contribution in [2.75, 3.05) is 5.32 Å². The fraction of sp³-hybridized carbons (Fsp3) is 0.444. The molecule has 0 radical (unpaired) electrons. The number of rotatable bonds is 9. The van der Waals surface area contributed by atoms with Crippen molar-refractivity contribution < 1.29 is 9.59 Å². The average molecular weight is 486 g/mol. The molecule has 1 aromatic carbocycles. The van der Waals surface area contributed by atoms with Gasteiger partial charge in [0.25, 0.3) is 5.91 Å². The maximum absolute atomic E-state index is 13.6. The number of nitriles is 1. The van der Waals surface area contributed by atoms with Crippen LogP contribution in [0.1, 0.15) is 60.5 Å². The molecule has 186 valence electrons. The van der Waals surface area contributed by atoms with Gasteiger partial charge in [0, 0.05) is 23.1 Å². The molecular weight excluding hydrogens is 454 g/mol. The monoisotopic (exact) mass is 485 g/mol. The van der Waals surface area contributed by atoms with Gasteiger partial charge in [-0.3, -0.25) is 14.7 Å². The highest BCUT2D eigenvalue weighted by atomic mass is 16.2. The van der Waals surface area contributed by atoms with Crippen LogP contribution in [-0.4, -0.2) is 37.8 Å². The fourth-order valence-electron chi connectivity index (χ4n) is 5.22. The number of aromatic amines is 1. The van der Waals surface area contributed by atoms with E-state index >= 15 is 0 Å². The number of nitrogens with zero attached hydrogens (tertiary/aromatic N) is 4. The minimum Gasteiger partial charge on any atom is -0.339 e. The van der Waals surface area contributed by atoms with Gasteiger partial charge >= 0.3 is 0 Å². The number of benzene rings is 1. The van der Waals surface area contributed by atoms with E-state index in [1.54, 1.807) is 13.0 Å². The number of nitrogens with one attached hydrogen (secondary N) is 3. The Kier molecular flexibility index (Phi) is 6.35. The van der Waals surface area contributed by atoms with Crippen molar-refractivity contribution in [2.24, 2.45) is 17.8 Å². The summed E-state index contributed by atoms with van der Waals surface area (Å²) in [6.45, 7) is 5.62. The summed E-state index contributed by atoms with van der Waals surface area (Å²) in [5.74, 6) is 0.406. The molecule has 3 aromatic rings. The SMILES string of the molecule is Cc1n[nH]c(C)c1-c1ccc(NC(=O)C(NC(=O)c2ccnn2C(C)C#N)C(C2CC2)C2CC2)cc1. The van der Waals surface area contributed by atoms with E-state index in [4.69, 9.17) is 0 Å². The van der Waals surface area contributed by atoms with Crippen molar-refractivity contribution in [3.8, 4) is 17.2 Å². The van der Waals surface area contributed by atoms with Crippen LogP contribution in [-0.2, 0) is 4.79 Å². The third-order valence-corrected chi connectivity index (χ3v) is 7.31. The average Bonchev–Trinajstić information content (AvgIpc) is 3.81. The summed E-state index contributed by atoms with van der Waals surface area (Å²) in [4.78, 5) is 26.9. The van der Waals surface area contributed by atoms with E-state index < -0.39 is 12.1 Å². The van der Waals surface area contributed by atoms with Gasteiger partial charge < -0.3 is 10.6 Å². The van der Waals surface area contributed by atoms with Gasteiger partial charge in [0.2, 0.25) is 5.91 Å². The van der Waals surface area contributed by atoms with Crippen LogP contribution < -0.4 is 10.6 Å². The number of carbonyl (C=O) groups is 2. The summed E-state index contributed by atoms with van der Waals surface area (Å²) in [5, 5.41) is 26.8. The van der Waals surface area contributed by atoms with Gasteiger partial charge in [0.1, 0.15) is 17.8 Å². The normalized spacial score (nSPS) is 16.9. The Labute approximate surface area is 210 Å². The molecule has 3 N–H and O–H groups in total. The minimum atomic E-state index is -0.656. The minimum absolute atomic E-state index is 0.106. The van der Waals surface area contributed by atoms with Gasteiger partial charge in [0.15, 0.2) is 0 Å². The zero-order chi connectivity index (χ0) is 25.4. The molecule has 2 amide bonds. The lowest BCUT2D eigenvalue weighted by atomic mass is 9.88. The number of carbonyl (C=O) groups excluding carboxylic acids is 2. The van der Waals surface area contributed by atoms with Crippen LogP contribution in [0.25, 0.3) is 11.1 Å². The molecule has 0 aliphatic heterocycles. The summed E-state index contributed by atoms with van der Waals surface area (Å²) in [5.41, 5.74) is 4.96. The lowest BCUT2D eigenvalue weighted by Crippen LogP contribution is -2.50. The summed E-state index contributed by atoms with van der Waals surface area (Å²) < 4.78 is 1.39. The molecule has 2 unspecified atom stereocenters. The second-order valence-electron chi connectivity index (χ2n) is 10.0. The van der Waals surface area contributed by atoms with Crippen molar-refractivity contribution in [1.82, 2.24) is 25.3 Å². The molecule has 2 heterocycles. The molecule has 9 heteroatoms. The van der Waals surface area contributed by atoms with Gasteiger partial charge in [-0.05, 0) is 88.0 Å². The number of aromatic nitrogens is 4. The first kappa shape index (κ1) is 23.8. The Morgan fingerprint density at radius 2 is 1.78 bits per heavy atom. The zero-order valence-corrected chi connectivity index (χ0v) is 20.8. The molecule has 2 aliphatic rings. The Morgan fingerprint density at radius 3 is 2.33 bits per heavy atom. The molecule has 9 nitrogen and oxygen atoms in total. The van der Waals surface area contributed by atoms with E-state index in [1.807, 2.05) is 38.1 Å². The van der Waals surface area contributed by atoms with Gasteiger partial charge in [-0.15, -0.1) is 0 Å². The van der Waals surface area contributed by atoms with Gasteiger partial charge in [-0.1, -0.05) is 12.1 Å². The first-order valence-electron chi connectivity index (χ1n) is 12.5. The molecule has 0 spiro atoms. The topological polar surface area (TPSA) is 128 Å². The Morgan fingerprint density at radius 1 is 1.11 bits per heavy atom. The molecule has 5 rings (SSSR count). The maximum atomic E-state index is 13.6. The van der Waals surface area contributed by atoms with Crippen LogP contribution in [0.15, 0.2) is 36.5 Å². The quantitative estimate of drug-likeness (QED) is 0.419. The standard InChI is InChI=1S/C27H31N7O2/c1-15(14-28)34-22(12-13-29-34)26(35)31-25(24(19-4-5-19)20-6-7-20)27(36)30-21-10-8-18(9-11-21)23-16(2)32-33-17(23)3/h8-13,15,19-20,24-25H,4-7H2,1-3H3,(H,30,36)(H,31,35)(H,32,33). The smallest absolute Gasteiger partial charge is 0.270 e. The van der Waals surface area contributed by atoms with Crippen molar-refractivity contribution in [3.63, 3.8) is 0 Å². The highest BCUT2D eigenvalue weighted by molar-refractivity contribution is 6.01. The second-order valence-corrected chi connectivity index (χ2v) is 10.0.